The highest BCUT2D eigenvalue weighted by molar-refractivity contribution is 5.74. The molecule has 2 N–H and O–H groups in total. The smallest absolute Gasteiger partial charge is 0.315 e. The van der Waals surface area contributed by atoms with Gasteiger partial charge in [-0.15, -0.1) is 0 Å². The first kappa shape index (κ1) is 17.0. The average molecular weight is 315 g/mol. The van der Waals surface area contributed by atoms with Crippen LogP contribution in [0.1, 0.15) is 38.1 Å². The van der Waals surface area contributed by atoms with Crippen LogP contribution in [0.3, 0.4) is 0 Å². The summed E-state index contributed by atoms with van der Waals surface area (Å²) in [5.74, 6) is 0.248. The molecule has 0 unspecified atom stereocenters. The summed E-state index contributed by atoms with van der Waals surface area (Å²) < 4.78 is 1.94. The molecule has 2 amide bonds. The molecule has 0 fully saturated rings. The summed E-state index contributed by atoms with van der Waals surface area (Å²) in [7, 11) is 0. The fourth-order valence-electron chi connectivity index (χ4n) is 2.54. The average Bonchev–Trinajstić information content (AvgIpc) is 2.98. The molecule has 0 spiro atoms. The second-order valence-electron chi connectivity index (χ2n) is 6.21. The summed E-state index contributed by atoms with van der Waals surface area (Å²) >= 11 is 0. The minimum absolute atomic E-state index is 0.00171. The molecule has 0 aliphatic carbocycles. The van der Waals surface area contributed by atoms with E-state index in [0.717, 1.165) is 11.3 Å². The molecular formula is C17H25N5O. The summed E-state index contributed by atoms with van der Waals surface area (Å²) in [6.07, 6.45) is 7.11. The van der Waals surface area contributed by atoms with Gasteiger partial charge in [0.15, 0.2) is 0 Å². The van der Waals surface area contributed by atoms with E-state index in [4.69, 9.17) is 0 Å². The van der Waals surface area contributed by atoms with Gasteiger partial charge < -0.3 is 15.2 Å². The van der Waals surface area contributed by atoms with E-state index in [0.29, 0.717) is 6.54 Å². The van der Waals surface area contributed by atoms with Gasteiger partial charge in [0.25, 0.3) is 0 Å². The first-order valence-electron chi connectivity index (χ1n) is 7.91. The van der Waals surface area contributed by atoms with E-state index in [1.807, 2.05) is 36.7 Å². The number of hydrogen-bond donors (Lipinski definition) is 2. The van der Waals surface area contributed by atoms with Crippen molar-refractivity contribution in [1.82, 2.24) is 25.2 Å². The lowest BCUT2D eigenvalue weighted by molar-refractivity contribution is 0.228. The molecule has 6 heteroatoms. The highest BCUT2D eigenvalue weighted by Crippen LogP contribution is 2.22. The molecule has 0 aliphatic heterocycles. The van der Waals surface area contributed by atoms with Crippen LogP contribution in [-0.4, -0.2) is 26.6 Å². The Hall–Kier alpha value is -2.37. The van der Waals surface area contributed by atoms with Crippen molar-refractivity contribution in [3.8, 4) is 0 Å². The molecule has 0 aliphatic rings. The molecule has 0 saturated heterocycles. The zero-order valence-electron chi connectivity index (χ0n) is 14.2. The Morgan fingerprint density at radius 3 is 2.65 bits per heavy atom. The number of carbonyl (C=O) groups is 1. The van der Waals surface area contributed by atoms with Gasteiger partial charge in [0.2, 0.25) is 0 Å². The fraction of sp³-hybridized carbons (Fsp3) is 0.471. The van der Waals surface area contributed by atoms with Crippen molar-refractivity contribution in [3.05, 3.63) is 48.3 Å². The van der Waals surface area contributed by atoms with Crippen LogP contribution < -0.4 is 10.6 Å². The van der Waals surface area contributed by atoms with Gasteiger partial charge in [0, 0.05) is 31.2 Å². The third kappa shape index (κ3) is 4.81. The van der Waals surface area contributed by atoms with Crippen LogP contribution in [-0.2, 0) is 6.54 Å². The molecule has 2 aromatic heterocycles. The Morgan fingerprint density at radius 2 is 2.04 bits per heavy atom. The van der Waals surface area contributed by atoms with Crippen LogP contribution in [0.4, 0.5) is 4.79 Å². The Labute approximate surface area is 137 Å². The monoisotopic (exact) mass is 315 g/mol. The second kappa shape index (κ2) is 7.76. The number of aryl methyl sites for hydroxylation is 1. The Bertz CT molecular complexity index is 624. The van der Waals surface area contributed by atoms with E-state index in [-0.39, 0.29) is 24.0 Å². The Kier molecular flexibility index (Phi) is 5.73. The molecular weight excluding hydrogens is 290 g/mol. The number of imidazole rings is 1. The maximum Gasteiger partial charge on any atom is 0.315 e. The molecule has 0 bridgehead atoms. The Balaban J connectivity index is 1.97. The number of nitrogens with zero attached hydrogens (tertiary/aromatic N) is 3. The lowest BCUT2D eigenvalue weighted by Gasteiger charge is -2.25. The van der Waals surface area contributed by atoms with Gasteiger partial charge >= 0.3 is 6.03 Å². The largest absolute Gasteiger partial charge is 0.335 e. The van der Waals surface area contributed by atoms with Gasteiger partial charge in [-0.05, 0) is 31.4 Å². The third-order valence-corrected chi connectivity index (χ3v) is 3.72. The van der Waals surface area contributed by atoms with Gasteiger partial charge in [-0.25, -0.2) is 9.78 Å². The van der Waals surface area contributed by atoms with Crippen molar-refractivity contribution in [2.75, 3.05) is 0 Å². The normalized spacial score (nSPS) is 13.6. The van der Waals surface area contributed by atoms with E-state index < -0.39 is 0 Å². The zero-order valence-corrected chi connectivity index (χ0v) is 14.2. The van der Waals surface area contributed by atoms with Crippen molar-refractivity contribution >= 4 is 6.03 Å². The second-order valence-corrected chi connectivity index (χ2v) is 6.21. The number of aromatic nitrogens is 3. The highest BCUT2D eigenvalue weighted by atomic mass is 16.2. The first-order valence-corrected chi connectivity index (χ1v) is 7.91. The summed E-state index contributed by atoms with van der Waals surface area (Å²) in [4.78, 5) is 20.7. The van der Waals surface area contributed by atoms with Crippen LogP contribution in [0.15, 0.2) is 37.1 Å². The highest BCUT2D eigenvalue weighted by Gasteiger charge is 2.21. The van der Waals surface area contributed by atoms with Crippen molar-refractivity contribution in [2.24, 2.45) is 5.92 Å². The molecule has 2 rings (SSSR count). The van der Waals surface area contributed by atoms with E-state index in [9.17, 15) is 4.79 Å². The van der Waals surface area contributed by atoms with Gasteiger partial charge in [-0.1, -0.05) is 19.9 Å². The predicted molar refractivity (Wildman–Crippen MR) is 89.9 cm³/mol. The molecule has 2 heterocycles. The molecule has 124 valence electrons. The molecule has 2 aromatic rings. The maximum absolute atomic E-state index is 12.3. The summed E-state index contributed by atoms with van der Waals surface area (Å²) in [6, 6.07) is 3.63. The van der Waals surface area contributed by atoms with E-state index in [1.54, 1.807) is 18.7 Å². The summed E-state index contributed by atoms with van der Waals surface area (Å²) in [6.45, 7) is 8.82. The summed E-state index contributed by atoms with van der Waals surface area (Å²) in [5, 5.41) is 6.01. The van der Waals surface area contributed by atoms with Crippen LogP contribution in [0.2, 0.25) is 0 Å². The number of hydrogen-bond acceptors (Lipinski definition) is 3. The van der Waals surface area contributed by atoms with Gasteiger partial charge in [-0.2, -0.15) is 0 Å². The molecule has 0 radical (unpaired) electrons. The fourth-order valence-corrected chi connectivity index (χ4v) is 2.54. The quantitative estimate of drug-likeness (QED) is 0.861. The van der Waals surface area contributed by atoms with E-state index in [1.165, 1.54) is 0 Å². The number of carbonyl (C=O) groups excluding carboxylic acids is 1. The predicted octanol–water partition coefficient (Wildman–Crippen LogP) is 2.67. The third-order valence-electron chi connectivity index (χ3n) is 3.72. The minimum Gasteiger partial charge on any atom is -0.335 e. The van der Waals surface area contributed by atoms with Crippen molar-refractivity contribution in [1.29, 1.82) is 0 Å². The maximum atomic E-state index is 12.3. The number of urea groups is 1. The zero-order chi connectivity index (χ0) is 16.8. The standard InChI is InChI=1S/C17H25N5O/c1-12(2)15(16-13(3)6-5-7-19-16)21-17(23)20-14(4)10-22-9-8-18-11-22/h5-9,11-12,14-15H,10H2,1-4H3,(H2,20,21,23)/t14-,15+/m1/s1. The molecule has 23 heavy (non-hydrogen) atoms. The van der Waals surface area contributed by atoms with Crippen molar-refractivity contribution in [2.45, 2.75) is 46.3 Å². The van der Waals surface area contributed by atoms with Crippen molar-refractivity contribution in [3.63, 3.8) is 0 Å². The van der Waals surface area contributed by atoms with E-state index >= 15 is 0 Å². The lowest BCUT2D eigenvalue weighted by atomic mass is 9.97. The van der Waals surface area contributed by atoms with Crippen molar-refractivity contribution < 1.29 is 4.79 Å². The molecule has 2 atom stereocenters. The topological polar surface area (TPSA) is 71.8 Å². The van der Waals surface area contributed by atoms with Gasteiger partial charge in [0.1, 0.15) is 0 Å². The SMILES string of the molecule is Cc1cccnc1[C@@H](NC(=O)N[C@H](C)Cn1ccnc1)C(C)C. The number of nitrogens with one attached hydrogen (secondary N) is 2. The first-order chi connectivity index (χ1) is 11.0. The van der Waals surface area contributed by atoms with Crippen LogP contribution in [0.25, 0.3) is 0 Å². The minimum atomic E-state index is -0.179. The van der Waals surface area contributed by atoms with Crippen LogP contribution in [0, 0.1) is 12.8 Å². The Morgan fingerprint density at radius 1 is 1.26 bits per heavy atom. The molecule has 6 nitrogen and oxygen atoms in total. The van der Waals surface area contributed by atoms with Crippen LogP contribution in [0.5, 0.6) is 0 Å². The summed E-state index contributed by atoms with van der Waals surface area (Å²) in [5.41, 5.74) is 2.00. The van der Waals surface area contributed by atoms with Crippen LogP contribution >= 0.6 is 0 Å². The molecule has 0 saturated carbocycles. The van der Waals surface area contributed by atoms with Gasteiger partial charge in [0.05, 0.1) is 18.1 Å². The lowest BCUT2D eigenvalue weighted by Crippen LogP contribution is -2.45. The molecule has 0 aromatic carbocycles. The number of amides is 2. The number of rotatable bonds is 6. The van der Waals surface area contributed by atoms with Gasteiger partial charge in [-0.3, -0.25) is 4.98 Å². The number of pyridine rings is 1. The van der Waals surface area contributed by atoms with E-state index in [2.05, 4.69) is 34.4 Å².